The molecule has 0 aliphatic carbocycles. The SMILES string of the molecule is CCCCCCCC=CCC[C@H](CC=O)OC1CCCCO1. The Hall–Kier alpha value is -0.670. The first kappa shape index (κ1) is 19.4. The maximum absolute atomic E-state index is 10.8. The highest BCUT2D eigenvalue weighted by Gasteiger charge is 2.19. The summed E-state index contributed by atoms with van der Waals surface area (Å²) in [7, 11) is 0. The molecule has 1 unspecified atom stereocenters. The lowest BCUT2D eigenvalue weighted by molar-refractivity contribution is -0.189. The molecule has 0 aromatic carbocycles. The minimum atomic E-state index is -0.0961. The van der Waals surface area contributed by atoms with Gasteiger partial charge in [-0.05, 0) is 44.9 Å². The fourth-order valence-electron chi connectivity index (χ4n) is 2.77. The van der Waals surface area contributed by atoms with E-state index in [9.17, 15) is 4.79 Å². The molecule has 1 aliphatic heterocycles. The van der Waals surface area contributed by atoms with Crippen LogP contribution >= 0.6 is 0 Å². The van der Waals surface area contributed by atoms with Crippen LogP contribution in [0.4, 0.5) is 0 Å². The molecule has 1 aliphatic rings. The zero-order chi connectivity index (χ0) is 15.9. The molecule has 1 saturated heterocycles. The van der Waals surface area contributed by atoms with Crippen molar-refractivity contribution in [3.05, 3.63) is 12.2 Å². The van der Waals surface area contributed by atoms with E-state index in [-0.39, 0.29) is 12.4 Å². The Morgan fingerprint density at radius 1 is 1.14 bits per heavy atom. The Morgan fingerprint density at radius 2 is 1.95 bits per heavy atom. The standard InChI is InChI=1S/C19H34O3/c1-2-3-4-5-6-7-8-9-10-13-18(15-16-20)22-19-14-11-12-17-21-19/h8-9,16,18-19H,2-7,10-15,17H2,1H3/t18-,19?/m1/s1. The molecular weight excluding hydrogens is 276 g/mol. The van der Waals surface area contributed by atoms with Crippen molar-refractivity contribution in [3.63, 3.8) is 0 Å². The van der Waals surface area contributed by atoms with Crippen molar-refractivity contribution in [1.82, 2.24) is 0 Å². The monoisotopic (exact) mass is 310 g/mol. The van der Waals surface area contributed by atoms with Gasteiger partial charge in [-0.2, -0.15) is 0 Å². The highest BCUT2D eigenvalue weighted by atomic mass is 16.7. The topological polar surface area (TPSA) is 35.5 Å². The minimum absolute atomic E-state index is 0.00908. The molecule has 128 valence electrons. The maximum atomic E-state index is 10.8. The van der Waals surface area contributed by atoms with E-state index in [4.69, 9.17) is 9.47 Å². The highest BCUT2D eigenvalue weighted by Crippen LogP contribution is 2.18. The summed E-state index contributed by atoms with van der Waals surface area (Å²) >= 11 is 0. The highest BCUT2D eigenvalue weighted by molar-refractivity contribution is 5.50. The van der Waals surface area contributed by atoms with Crippen molar-refractivity contribution < 1.29 is 14.3 Å². The Morgan fingerprint density at radius 3 is 2.68 bits per heavy atom. The minimum Gasteiger partial charge on any atom is -0.353 e. The van der Waals surface area contributed by atoms with Crippen LogP contribution in [0.15, 0.2) is 12.2 Å². The third-order valence-corrected chi connectivity index (χ3v) is 4.14. The number of carbonyl (C=O) groups is 1. The van der Waals surface area contributed by atoms with E-state index in [1.54, 1.807) is 0 Å². The first-order chi connectivity index (χ1) is 10.9. The van der Waals surface area contributed by atoms with Gasteiger partial charge in [0.05, 0.1) is 6.10 Å². The molecule has 3 heteroatoms. The largest absolute Gasteiger partial charge is 0.353 e. The van der Waals surface area contributed by atoms with Gasteiger partial charge in [0.2, 0.25) is 0 Å². The van der Waals surface area contributed by atoms with Crippen LogP contribution in [0.25, 0.3) is 0 Å². The summed E-state index contributed by atoms with van der Waals surface area (Å²) in [6.07, 6.45) is 18.8. The second kappa shape index (κ2) is 14.0. The van der Waals surface area contributed by atoms with E-state index in [1.165, 1.54) is 38.5 Å². The molecule has 0 radical (unpaired) electrons. The molecule has 0 bridgehead atoms. The van der Waals surface area contributed by atoms with Crippen LogP contribution < -0.4 is 0 Å². The van der Waals surface area contributed by atoms with E-state index in [2.05, 4.69) is 19.1 Å². The van der Waals surface area contributed by atoms with Crippen LogP contribution in [0.3, 0.4) is 0 Å². The normalized spacial score (nSPS) is 20.3. The predicted octanol–water partition coefficient (Wildman–Crippen LogP) is 5.18. The van der Waals surface area contributed by atoms with E-state index < -0.39 is 0 Å². The summed E-state index contributed by atoms with van der Waals surface area (Å²) in [4.78, 5) is 10.8. The summed E-state index contributed by atoms with van der Waals surface area (Å²) in [5.74, 6) is 0. The van der Waals surface area contributed by atoms with Crippen molar-refractivity contribution in [1.29, 1.82) is 0 Å². The Kier molecular flexibility index (Phi) is 12.3. The first-order valence-electron chi connectivity index (χ1n) is 9.22. The Bertz CT molecular complexity index is 282. The van der Waals surface area contributed by atoms with Crippen LogP contribution in [-0.2, 0) is 14.3 Å². The average molecular weight is 310 g/mol. The van der Waals surface area contributed by atoms with Gasteiger partial charge < -0.3 is 14.3 Å². The molecule has 0 aromatic heterocycles. The van der Waals surface area contributed by atoms with Gasteiger partial charge in [-0.3, -0.25) is 0 Å². The molecule has 0 saturated carbocycles. The van der Waals surface area contributed by atoms with Crippen LogP contribution in [-0.4, -0.2) is 25.3 Å². The summed E-state index contributed by atoms with van der Waals surface area (Å²) in [6, 6.07) is 0. The summed E-state index contributed by atoms with van der Waals surface area (Å²) in [6.45, 7) is 3.03. The van der Waals surface area contributed by atoms with Gasteiger partial charge in [-0.15, -0.1) is 0 Å². The van der Waals surface area contributed by atoms with Crippen LogP contribution in [0, 0.1) is 0 Å². The average Bonchev–Trinajstić information content (AvgIpc) is 2.54. The Balaban J connectivity index is 2.08. The molecule has 3 nitrogen and oxygen atoms in total. The zero-order valence-corrected chi connectivity index (χ0v) is 14.3. The molecule has 1 rings (SSSR count). The van der Waals surface area contributed by atoms with Crippen LogP contribution in [0.1, 0.15) is 84.0 Å². The first-order valence-corrected chi connectivity index (χ1v) is 9.22. The maximum Gasteiger partial charge on any atom is 0.157 e. The number of hydrogen-bond acceptors (Lipinski definition) is 3. The van der Waals surface area contributed by atoms with E-state index in [1.807, 2.05) is 0 Å². The number of ether oxygens (including phenoxy) is 2. The number of rotatable bonds is 13. The fourth-order valence-corrected chi connectivity index (χ4v) is 2.77. The lowest BCUT2D eigenvalue weighted by Gasteiger charge is -2.26. The third kappa shape index (κ3) is 10.1. The van der Waals surface area contributed by atoms with Gasteiger partial charge >= 0.3 is 0 Å². The quantitative estimate of drug-likeness (QED) is 0.267. The molecule has 1 heterocycles. The molecule has 0 amide bonds. The van der Waals surface area contributed by atoms with Gasteiger partial charge in [-0.1, -0.05) is 44.8 Å². The number of unbranched alkanes of at least 4 members (excludes halogenated alkanes) is 5. The molecule has 1 fully saturated rings. The Labute approximate surface area is 136 Å². The molecule has 0 N–H and O–H groups in total. The third-order valence-electron chi connectivity index (χ3n) is 4.14. The number of carbonyl (C=O) groups excluding carboxylic acids is 1. The molecule has 0 aromatic rings. The number of hydrogen-bond donors (Lipinski definition) is 0. The van der Waals surface area contributed by atoms with Crippen molar-refractivity contribution >= 4 is 6.29 Å². The molecule has 2 atom stereocenters. The molecule has 22 heavy (non-hydrogen) atoms. The van der Waals surface area contributed by atoms with Gasteiger partial charge in [0.25, 0.3) is 0 Å². The lowest BCUT2D eigenvalue weighted by Crippen LogP contribution is -2.28. The van der Waals surface area contributed by atoms with Crippen molar-refractivity contribution in [2.24, 2.45) is 0 Å². The second-order valence-electron chi connectivity index (χ2n) is 6.21. The van der Waals surface area contributed by atoms with Crippen molar-refractivity contribution in [3.8, 4) is 0 Å². The van der Waals surface area contributed by atoms with Gasteiger partial charge in [-0.25, -0.2) is 0 Å². The lowest BCUT2D eigenvalue weighted by atomic mass is 10.1. The van der Waals surface area contributed by atoms with Crippen molar-refractivity contribution in [2.75, 3.05) is 6.61 Å². The van der Waals surface area contributed by atoms with Gasteiger partial charge in [0.15, 0.2) is 6.29 Å². The van der Waals surface area contributed by atoms with E-state index in [0.29, 0.717) is 6.42 Å². The number of aldehydes is 1. The zero-order valence-electron chi connectivity index (χ0n) is 14.3. The molecule has 0 spiro atoms. The van der Waals surface area contributed by atoms with Crippen molar-refractivity contribution in [2.45, 2.75) is 96.4 Å². The van der Waals surface area contributed by atoms with E-state index in [0.717, 1.165) is 45.0 Å². The van der Waals surface area contributed by atoms with Crippen LogP contribution in [0.2, 0.25) is 0 Å². The fraction of sp³-hybridized carbons (Fsp3) is 0.842. The summed E-state index contributed by atoms with van der Waals surface area (Å²) < 4.78 is 11.5. The summed E-state index contributed by atoms with van der Waals surface area (Å²) in [5, 5.41) is 0. The van der Waals surface area contributed by atoms with Crippen LogP contribution in [0.5, 0.6) is 0 Å². The second-order valence-corrected chi connectivity index (χ2v) is 6.21. The number of allylic oxidation sites excluding steroid dienone is 2. The van der Waals surface area contributed by atoms with E-state index >= 15 is 0 Å². The molecular formula is C19H34O3. The van der Waals surface area contributed by atoms with Gasteiger partial charge in [0, 0.05) is 13.0 Å². The smallest absolute Gasteiger partial charge is 0.157 e. The van der Waals surface area contributed by atoms with Gasteiger partial charge in [0.1, 0.15) is 6.29 Å². The predicted molar refractivity (Wildman–Crippen MR) is 90.9 cm³/mol. The summed E-state index contributed by atoms with van der Waals surface area (Å²) in [5.41, 5.74) is 0.